The van der Waals surface area contributed by atoms with Gasteiger partial charge in [0.05, 0.1) is 16.3 Å². The molecular formula is C20H12N2Na2O7S2. The number of benzene rings is 4. The number of hydrogen-bond donors (Lipinski definition) is 1. The fraction of sp³-hybridized carbons (Fsp3) is 0. The predicted molar refractivity (Wildman–Crippen MR) is 109 cm³/mol. The predicted octanol–water partition coefficient (Wildman–Crippen LogP) is -2.36. The van der Waals surface area contributed by atoms with Crippen LogP contribution in [0.5, 0.6) is 5.75 Å². The van der Waals surface area contributed by atoms with Gasteiger partial charge in [-0.15, -0.1) is 5.11 Å². The van der Waals surface area contributed by atoms with E-state index in [9.17, 15) is 31.0 Å². The Morgan fingerprint density at radius 2 is 1.42 bits per heavy atom. The number of nitrogens with zero attached hydrogens (tertiary/aromatic N) is 2. The fourth-order valence-electron chi connectivity index (χ4n) is 3.11. The van der Waals surface area contributed by atoms with Crippen LogP contribution in [0.4, 0.5) is 11.4 Å². The van der Waals surface area contributed by atoms with Gasteiger partial charge in [0.15, 0.2) is 0 Å². The van der Waals surface area contributed by atoms with Crippen LogP contribution in [0.15, 0.2) is 86.7 Å². The van der Waals surface area contributed by atoms with E-state index in [0.29, 0.717) is 5.69 Å². The number of rotatable bonds is 4. The molecule has 0 bridgehead atoms. The maximum atomic E-state index is 12.8. The summed E-state index contributed by atoms with van der Waals surface area (Å²) in [7, 11) is -9.75. The van der Waals surface area contributed by atoms with Crippen molar-refractivity contribution in [2.24, 2.45) is 10.2 Å². The third kappa shape index (κ3) is 6.01. The van der Waals surface area contributed by atoms with Crippen LogP contribution in [0.25, 0.3) is 21.5 Å². The largest absolute Gasteiger partial charge is 1.00 e. The van der Waals surface area contributed by atoms with Gasteiger partial charge in [-0.1, -0.05) is 42.1 Å². The molecule has 0 aliphatic rings. The van der Waals surface area contributed by atoms with Crippen LogP contribution >= 0.6 is 0 Å². The molecule has 0 unspecified atom stereocenters. The van der Waals surface area contributed by atoms with Gasteiger partial charge in [0.25, 0.3) is 10.1 Å². The van der Waals surface area contributed by atoms with Crippen LogP contribution in [0, 0.1) is 0 Å². The Morgan fingerprint density at radius 1 is 0.758 bits per heavy atom. The molecular weight excluding hydrogens is 490 g/mol. The molecule has 158 valence electrons. The number of azo groups is 1. The molecule has 0 aliphatic heterocycles. The van der Waals surface area contributed by atoms with Gasteiger partial charge in [-0.3, -0.25) is 4.55 Å². The smallest absolute Gasteiger partial charge is 0.871 e. The van der Waals surface area contributed by atoms with Crippen molar-refractivity contribution >= 4 is 53.2 Å². The second-order valence-corrected chi connectivity index (χ2v) is 9.37. The van der Waals surface area contributed by atoms with Crippen molar-refractivity contribution in [3.8, 4) is 5.75 Å². The van der Waals surface area contributed by atoms with E-state index in [4.69, 9.17) is 0 Å². The fourth-order valence-corrected chi connectivity index (χ4v) is 4.27. The molecule has 0 saturated carbocycles. The molecule has 0 aromatic heterocycles. The molecule has 13 heteroatoms. The summed E-state index contributed by atoms with van der Waals surface area (Å²) >= 11 is 0. The van der Waals surface area contributed by atoms with Crippen molar-refractivity contribution in [1.29, 1.82) is 0 Å². The minimum Gasteiger partial charge on any atom is -0.871 e. The third-order valence-corrected chi connectivity index (χ3v) is 6.27. The summed E-state index contributed by atoms with van der Waals surface area (Å²) in [5, 5.41) is 22.1. The zero-order valence-corrected chi connectivity index (χ0v) is 23.1. The molecule has 0 aliphatic carbocycles. The molecule has 4 aromatic rings. The second-order valence-electron chi connectivity index (χ2n) is 6.60. The molecule has 4 aromatic carbocycles. The Balaban J connectivity index is 0.00000193. The molecule has 0 fully saturated rings. The molecule has 1 N–H and O–H groups in total. The van der Waals surface area contributed by atoms with Gasteiger partial charge in [-0.25, -0.2) is 8.42 Å². The van der Waals surface area contributed by atoms with Gasteiger partial charge in [0, 0.05) is 0 Å². The number of hydrogen-bond acceptors (Lipinski definition) is 8. The first kappa shape index (κ1) is 27.9. The van der Waals surface area contributed by atoms with Gasteiger partial charge in [0.2, 0.25) is 0 Å². The van der Waals surface area contributed by atoms with Crippen LogP contribution in [0.2, 0.25) is 0 Å². The number of fused-ring (bicyclic) bond motifs is 2. The quantitative estimate of drug-likeness (QED) is 0.186. The minimum absolute atomic E-state index is 0. The summed E-state index contributed by atoms with van der Waals surface area (Å²) in [4.78, 5) is -1.50. The van der Waals surface area contributed by atoms with Gasteiger partial charge in [0.1, 0.15) is 15.0 Å². The first-order chi connectivity index (χ1) is 14.5. The first-order valence-electron chi connectivity index (χ1n) is 8.66. The van der Waals surface area contributed by atoms with Crippen molar-refractivity contribution in [3.63, 3.8) is 0 Å². The van der Waals surface area contributed by atoms with E-state index in [1.165, 1.54) is 0 Å². The maximum absolute atomic E-state index is 12.8. The van der Waals surface area contributed by atoms with E-state index < -0.39 is 41.5 Å². The van der Waals surface area contributed by atoms with E-state index in [1.807, 2.05) is 24.3 Å². The molecule has 0 heterocycles. The molecule has 4 rings (SSSR count). The zero-order chi connectivity index (χ0) is 22.4. The molecule has 0 atom stereocenters. The summed E-state index contributed by atoms with van der Waals surface area (Å²) in [6.45, 7) is 0. The van der Waals surface area contributed by atoms with E-state index in [0.717, 1.165) is 35.0 Å². The normalized spacial score (nSPS) is 11.9. The van der Waals surface area contributed by atoms with E-state index in [-0.39, 0.29) is 69.9 Å². The summed E-state index contributed by atoms with van der Waals surface area (Å²) in [6, 6.07) is 16.2. The van der Waals surface area contributed by atoms with E-state index in [2.05, 4.69) is 10.2 Å². The minimum atomic E-state index is -4.92. The Labute approximate surface area is 233 Å². The van der Waals surface area contributed by atoms with Crippen molar-refractivity contribution in [2.45, 2.75) is 9.79 Å². The Hall–Kier alpha value is -1.38. The standard InChI is InChI=1S/C20H14N2O7S2.2Na/c23-20-17-8-7-16(30(24,25)26)10-14(17)11-18(31(27,28)29)19(20)22-21-15-6-5-12-3-1-2-4-13(12)9-15;;/h1-11,23H,(H,24,25,26)(H,27,28,29);;/q;2*+1/p-2. The van der Waals surface area contributed by atoms with E-state index in [1.54, 1.807) is 18.2 Å². The SMILES string of the molecule is O=S(=O)([O-])c1ccc2c([O-])c(N=Nc3ccc4ccccc4c3)c(S(=O)(=O)O)cc2c1.[Na+].[Na+]. The van der Waals surface area contributed by atoms with Crippen LogP contribution in [-0.2, 0) is 20.2 Å². The van der Waals surface area contributed by atoms with Crippen LogP contribution in [0.1, 0.15) is 0 Å². The topological polar surface area (TPSA) is 159 Å². The molecule has 0 saturated heterocycles. The summed E-state index contributed by atoms with van der Waals surface area (Å²) < 4.78 is 67.0. The van der Waals surface area contributed by atoms with Gasteiger partial charge in [-0.05, 0) is 51.9 Å². The average molecular weight is 502 g/mol. The van der Waals surface area contributed by atoms with Crippen molar-refractivity contribution in [1.82, 2.24) is 0 Å². The van der Waals surface area contributed by atoms with Crippen molar-refractivity contribution in [3.05, 3.63) is 66.7 Å². The van der Waals surface area contributed by atoms with E-state index >= 15 is 0 Å². The van der Waals surface area contributed by atoms with Gasteiger partial charge >= 0.3 is 59.1 Å². The Morgan fingerprint density at radius 3 is 2.06 bits per heavy atom. The van der Waals surface area contributed by atoms with Gasteiger partial charge < -0.3 is 9.66 Å². The Bertz CT molecular complexity index is 1610. The third-order valence-electron chi connectivity index (χ3n) is 4.57. The molecule has 0 radical (unpaired) electrons. The second kappa shape index (κ2) is 10.5. The summed E-state index contributed by atoms with van der Waals surface area (Å²) in [5.74, 6) is -0.899. The maximum Gasteiger partial charge on any atom is 1.00 e. The van der Waals surface area contributed by atoms with Crippen molar-refractivity contribution < 1.29 is 90.2 Å². The van der Waals surface area contributed by atoms with Crippen LogP contribution < -0.4 is 64.2 Å². The van der Waals surface area contributed by atoms with Gasteiger partial charge in [-0.2, -0.15) is 13.5 Å². The first-order valence-corrected chi connectivity index (χ1v) is 11.5. The Kier molecular flexibility index (Phi) is 8.85. The van der Waals surface area contributed by atoms with Crippen LogP contribution in [-0.4, -0.2) is 25.9 Å². The molecule has 9 nitrogen and oxygen atoms in total. The molecule has 0 spiro atoms. The monoisotopic (exact) mass is 502 g/mol. The summed E-state index contributed by atoms with van der Waals surface area (Å²) in [6.07, 6.45) is 0. The summed E-state index contributed by atoms with van der Waals surface area (Å²) in [5.41, 5.74) is -0.298. The average Bonchev–Trinajstić information content (AvgIpc) is 2.71. The molecule has 0 amide bonds. The van der Waals surface area contributed by atoms with Crippen LogP contribution in [0.3, 0.4) is 0 Å². The van der Waals surface area contributed by atoms with Crippen molar-refractivity contribution in [2.75, 3.05) is 0 Å². The molecule has 33 heavy (non-hydrogen) atoms. The zero-order valence-electron chi connectivity index (χ0n) is 17.5.